The Balaban J connectivity index is 2.21. The second-order valence-electron chi connectivity index (χ2n) is 5.98. The van der Waals surface area contributed by atoms with Gasteiger partial charge in [0, 0.05) is 23.0 Å². The number of thiazole rings is 1. The van der Waals surface area contributed by atoms with Crippen LogP contribution in [0.25, 0.3) is 0 Å². The summed E-state index contributed by atoms with van der Waals surface area (Å²) in [6.07, 6.45) is 4.52. The molecule has 17 heavy (non-hydrogen) atoms. The number of nitrogens with two attached hydrogens (primary N) is 1. The normalized spacial score (nSPS) is 31.9. The minimum atomic E-state index is -0.317. The van der Waals surface area contributed by atoms with Crippen molar-refractivity contribution in [3.8, 4) is 0 Å². The van der Waals surface area contributed by atoms with Crippen molar-refractivity contribution < 1.29 is 5.11 Å². The topological polar surface area (TPSA) is 59.1 Å². The van der Waals surface area contributed by atoms with Gasteiger partial charge < -0.3 is 10.8 Å². The SMILES string of the molecule is Cc1ncc(CC2(CN)CCC(C)(C)C2O)s1. The van der Waals surface area contributed by atoms with Crippen LogP contribution in [-0.4, -0.2) is 22.7 Å². The summed E-state index contributed by atoms with van der Waals surface area (Å²) in [5.74, 6) is 0. The van der Waals surface area contributed by atoms with Gasteiger partial charge in [-0.1, -0.05) is 13.8 Å². The first-order valence-corrected chi connectivity index (χ1v) is 7.01. The van der Waals surface area contributed by atoms with Crippen molar-refractivity contribution in [2.24, 2.45) is 16.6 Å². The van der Waals surface area contributed by atoms with Crippen LogP contribution in [0.3, 0.4) is 0 Å². The van der Waals surface area contributed by atoms with Gasteiger partial charge in [0.2, 0.25) is 0 Å². The summed E-state index contributed by atoms with van der Waals surface area (Å²) in [4.78, 5) is 5.52. The van der Waals surface area contributed by atoms with Gasteiger partial charge in [-0.25, -0.2) is 4.98 Å². The molecule has 0 radical (unpaired) electrons. The number of aliphatic hydroxyl groups is 1. The largest absolute Gasteiger partial charge is 0.392 e. The lowest BCUT2D eigenvalue weighted by atomic mass is 9.76. The van der Waals surface area contributed by atoms with E-state index < -0.39 is 0 Å². The lowest BCUT2D eigenvalue weighted by molar-refractivity contribution is -0.00428. The van der Waals surface area contributed by atoms with E-state index in [9.17, 15) is 5.11 Å². The minimum Gasteiger partial charge on any atom is -0.392 e. The Kier molecular flexibility index (Phi) is 3.31. The molecular formula is C13H22N2OS. The molecule has 1 aliphatic carbocycles. The Morgan fingerprint density at radius 2 is 2.24 bits per heavy atom. The van der Waals surface area contributed by atoms with Crippen LogP contribution < -0.4 is 5.73 Å². The van der Waals surface area contributed by atoms with Crippen LogP contribution in [0.15, 0.2) is 6.20 Å². The molecule has 1 aliphatic rings. The lowest BCUT2D eigenvalue weighted by Gasteiger charge is -2.35. The van der Waals surface area contributed by atoms with E-state index in [2.05, 4.69) is 18.8 Å². The number of hydrogen-bond donors (Lipinski definition) is 2. The first kappa shape index (κ1) is 13.0. The van der Waals surface area contributed by atoms with Crippen LogP contribution in [0.4, 0.5) is 0 Å². The fraction of sp³-hybridized carbons (Fsp3) is 0.769. The van der Waals surface area contributed by atoms with Gasteiger partial charge in [0.25, 0.3) is 0 Å². The van der Waals surface area contributed by atoms with Crippen molar-refractivity contribution in [3.05, 3.63) is 16.1 Å². The summed E-state index contributed by atoms with van der Waals surface area (Å²) >= 11 is 1.71. The summed E-state index contributed by atoms with van der Waals surface area (Å²) in [6, 6.07) is 0. The Morgan fingerprint density at radius 3 is 2.65 bits per heavy atom. The van der Waals surface area contributed by atoms with E-state index in [1.165, 1.54) is 4.88 Å². The molecule has 2 unspecified atom stereocenters. The molecule has 0 aliphatic heterocycles. The molecule has 1 heterocycles. The maximum Gasteiger partial charge on any atom is 0.0896 e. The first-order chi connectivity index (χ1) is 7.89. The van der Waals surface area contributed by atoms with Crippen molar-refractivity contribution in [3.63, 3.8) is 0 Å². The molecule has 3 nitrogen and oxygen atoms in total. The van der Waals surface area contributed by atoms with Crippen LogP contribution in [0.1, 0.15) is 36.6 Å². The molecular weight excluding hydrogens is 232 g/mol. The third-order valence-electron chi connectivity index (χ3n) is 4.19. The second-order valence-corrected chi connectivity index (χ2v) is 7.30. The minimum absolute atomic E-state index is 0.0148. The highest BCUT2D eigenvalue weighted by atomic mass is 32.1. The van der Waals surface area contributed by atoms with Gasteiger partial charge in [-0.2, -0.15) is 0 Å². The van der Waals surface area contributed by atoms with Crippen LogP contribution in [0, 0.1) is 17.8 Å². The monoisotopic (exact) mass is 254 g/mol. The molecule has 0 saturated heterocycles. The van der Waals surface area contributed by atoms with Crippen molar-refractivity contribution >= 4 is 11.3 Å². The summed E-state index contributed by atoms with van der Waals surface area (Å²) in [5.41, 5.74) is 5.79. The lowest BCUT2D eigenvalue weighted by Crippen LogP contribution is -2.44. The molecule has 3 N–H and O–H groups in total. The molecule has 1 saturated carbocycles. The average Bonchev–Trinajstić information content (AvgIpc) is 2.77. The maximum absolute atomic E-state index is 10.5. The zero-order valence-corrected chi connectivity index (χ0v) is 11.7. The van der Waals surface area contributed by atoms with Crippen LogP contribution in [0.2, 0.25) is 0 Å². The Labute approximate surface area is 107 Å². The number of nitrogens with zero attached hydrogens (tertiary/aromatic N) is 1. The second kappa shape index (κ2) is 4.34. The zero-order valence-electron chi connectivity index (χ0n) is 10.9. The first-order valence-electron chi connectivity index (χ1n) is 6.19. The van der Waals surface area contributed by atoms with Gasteiger partial charge in [0.15, 0.2) is 0 Å². The third-order valence-corrected chi connectivity index (χ3v) is 5.10. The molecule has 96 valence electrons. The van der Waals surface area contributed by atoms with Gasteiger partial charge >= 0.3 is 0 Å². The van der Waals surface area contributed by atoms with Gasteiger partial charge in [-0.05, 0) is 31.6 Å². The summed E-state index contributed by atoms with van der Waals surface area (Å²) < 4.78 is 0. The molecule has 1 fully saturated rings. The molecule has 2 atom stereocenters. The van der Waals surface area contributed by atoms with E-state index in [1.807, 2.05) is 13.1 Å². The van der Waals surface area contributed by atoms with Gasteiger partial charge in [-0.15, -0.1) is 11.3 Å². The highest BCUT2D eigenvalue weighted by molar-refractivity contribution is 7.11. The highest BCUT2D eigenvalue weighted by Gasteiger charge is 2.51. The standard InChI is InChI=1S/C13H22N2OS/c1-9-15-7-10(17-9)6-13(8-14)5-4-12(2,3)11(13)16/h7,11,16H,4-6,8,14H2,1-3H3. The van der Waals surface area contributed by atoms with Crippen LogP contribution in [-0.2, 0) is 6.42 Å². The van der Waals surface area contributed by atoms with Gasteiger partial charge in [-0.3, -0.25) is 0 Å². The molecule has 0 bridgehead atoms. The average molecular weight is 254 g/mol. The van der Waals surface area contributed by atoms with E-state index in [1.54, 1.807) is 11.3 Å². The van der Waals surface area contributed by atoms with Crippen LogP contribution >= 0.6 is 11.3 Å². The number of aryl methyl sites for hydroxylation is 1. The van der Waals surface area contributed by atoms with Gasteiger partial charge in [0.1, 0.15) is 0 Å². The van der Waals surface area contributed by atoms with E-state index >= 15 is 0 Å². The highest BCUT2D eigenvalue weighted by Crippen LogP contribution is 2.50. The number of hydrogen-bond acceptors (Lipinski definition) is 4. The number of aliphatic hydroxyl groups excluding tert-OH is 1. The third kappa shape index (κ3) is 2.26. The predicted molar refractivity (Wildman–Crippen MR) is 71.1 cm³/mol. The fourth-order valence-electron chi connectivity index (χ4n) is 2.98. The van der Waals surface area contributed by atoms with E-state index in [0.717, 1.165) is 24.3 Å². The summed E-state index contributed by atoms with van der Waals surface area (Å²) in [7, 11) is 0. The molecule has 1 aromatic heterocycles. The quantitative estimate of drug-likeness (QED) is 0.868. The summed E-state index contributed by atoms with van der Waals surface area (Å²) in [6.45, 7) is 6.83. The fourth-order valence-corrected chi connectivity index (χ4v) is 3.93. The Morgan fingerprint density at radius 1 is 1.53 bits per heavy atom. The smallest absolute Gasteiger partial charge is 0.0896 e. The predicted octanol–water partition coefficient (Wildman–Crippen LogP) is 2.12. The molecule has 4 heteroatoms. The molecule has 0 amide bonds. The van der Waals surface area contributed by atoms with Gasteiger partial charge in [0.05, 0.1) is 11.1 Å². The van der Waals surface area contributed by atoms with E-state index in [-0.39, 0.29) is 16.9 Å². The number of aromatic nitrogens is 1. The Bertz CT molecular complexity index is 402. The number of rotatable bonds is 3. The molecule has 0 spiro atoms. The van der Waals surface area contributed by atoms with E-state index in [4.69, 9.17) is 5.73 Å². The molecule has 1 aromatic rings. The van der Waals surface area contributed by atoms with Crippen molar-refractivity contribution in [1.29, 1.82) is 0 Å². The zero-order chi connectivity index (χ0) is 12.7. The van der Waals surface area contributed by atoms with Crippen LogP contribution in [0.5, 0.6) is 0 Å². The molecule has 0 aromatic carbocycles. The van der Waals surface area contributed by atoms with Crippen molar-refractivity contribution in [2.45, 2.75) is 46.1 Å². The van der Waals surface area contributed by atoms with E-state index in [0.29, 0.717) is 6.54 Å². The molecule has 2 rings (SSSR count). The van der Waals surface area contributed by atoms with Crippen molar-refractivity contribution in [1.82, 2.24) is 4.98 Å². The van der Waals surface area contributed by atoms with Crippen molar-refractivity contribution in [2.75, 3.05) is 6.54 Å². The maximum atomic E-state index is 10.5. The summed E-state index contributed by atoms with van der Waals surface area (Å²) in [5, 5.41) is 11.6. The Hall–Kier alpha value is -0.450.